The lowest BCUT2D eigenvalue weighted by atomic mass is 9.90. The summed E-state index contributed by atoms with van der Waals surface area (Å²) in [5, 5.41) is 12.2. The van der Waals surface area contributed by atoms with Crippen molar-refractivity contribution in [2.75, 3.05) is 12.0 Å². The molecule has 1 aromatic heterocycles. The summed E-state index contributed by atoms with van der Waals surface area (Å²) < 4.78 is 6.51. The first kappa shape index (κ1) is 26.6. The first-order chi connectivity index (χ1) is 18.5. The molecule has 5 rings (SSSR count). The number of rotatable bonds is 5. The molecule has 0 spiro atoms. The number of hydrogen-bond donors (Lipinski definition) is 1. The number of amides is 1. The van der Waals surface area contributed by atoms with Gasteiger partial charge in [-0.1, -0.05) is 55.0 Å². The number of carbonyl (C=O) groups excluding carboxylic acids is 2. The minimum atomic E-state index is -0.823. The van der Waals surface area contributed by atoms with E-state index in [4.69, 9.17) is 9.72 Å². The Labute approximate surface area is 232 Å². The second-order valence-corrected chi connectivity index (χ2v) is 11.6. The summed E-state index contributed by atoms with van der Waals surface area (Å²) in [5.74, 6) is -0.790. The number of hydrogen-bond acceptors (Lipinski definition) is 6. The van der Waals surface area contributed by atoms with E-state index in [0.717, 1.165) is 49.3 Å². The predicted octanol–water partition coefficient (Wildman–Crippen LogP) is 7.29. The van der Waals surface area contributed by atoms with Crippen LogP contribution in [0.1, 0.15) is 64.8 Å². The van der Waals surface area contributed by atoms with Crippen LogP contribution in [0.4, 0.5) is 5.13 Å². The van der Waals surface area contributed by atoms with Crippen LogP contribution in [0.25, 0.3) is 16.0 Å². The Morgan fingerprint density at radius 1 is 1.00 bits per heavy atom. The molecule has 0 bridgehead atoms. The molecule has 0 saturated carbocycles. The highest BCUT2D eigenvalue weighted by Gasteiger charge is 2.48. The number of carbonyl (C=O) groups is 2. The van der Waals surface area contributed by atoms with Gasteiger partial charge in [0.1, 0.15) is 11.5 Å². The van der Waals surface area contributed by atoms with Crippen LogP contribution in [0.2, 0.25) is 0 Å². The molecule has 1 N–H and O–H groups in total. The molecule has 200 valence electrons. The quantitative estimate of drug-likeness (QED) is 0.163. The Morgan fingerprint density at radius 3 is 2.38 bits per heavy atom. The lowest BCUT2D eigenvalue weighted by Gasteiger charge is -2.24. The molecule has 1 atom stereocenters. The fourth-order valence-electron chi connectivity index (χ4n) is 5.18. The molecule has 1 unspecified atom stereocenters. The third-order valence-corrected chi connectivity index (χ3v) is 8.47. The molecule has 1 saturated heterocycles. The average molecular weight is 541 g/mol. The second kappa shape index (κ2) is 9.97. The maximum absolute atomic E-state index is 13.7. The van der Waals surface area contributed by atoms with E-state index < -0.39 is 17.7 Å². The minimum Gasteiger partial charge on any atom is -0.507 e. The normalized spacial score (nSPS) is 17.0. The van der Waals surface area contributed by atoms with Gasteiger partial charge in [-0.2, -0.15) is 0 Å². The summed E-state index contributed by atoms with van der Waals surface area (Å²) >= 11 is 1.37. The van der Waals surface area contributed by atoms with E-state index >= 15 is 0 Å². The number of ketones is 1. The number of anilines is 1. The fourth-order valence-corrected chi connectivity index (χ4v) is 6.25. The predicted molar refractivity (Wildman–Crippen MR) is 157 cm³/mol. The van der Waals surface area contributed by atoms with Crippen LogP contribution >= 0.6 is 11.3 Å². The minimum absolute atomic E-state index is 0.0557. The summed E-state index contributed by atoms with van der Waals surface area (Å²) in [5.41, 5.74) is 6.94. The van der Waals surface area contributed by atoms with Crippen molar-refractivity contribution in [3.8, 4) is 5.75 Å². The van der Waals surface area contributed by atoms with Crippen LogP contribution in [0.3, 0.4) is 0 Å². The van der Waals surface area contributed by atoms with E-state index in [1.54, 1.807) is 7.11 Å². The van der Waals surface area contributed by atoms with Crippen LogP contribution in [-0.2, 0) is 9.59 Å². The molecule has 39 heavy (non-hydrogen) atoms. The van der Waals surface area contributed by atoms with Gasteiger partial charge in [0.25, 0.3) is 5.78 Å². The second-order valence-electron chi connectivity index (χ2n) is 10.5. The lowest BCUT2D eigenvalue weighted by molar-refractivity contribution is -0.132. The third kappa shape index (κ3) is 4.51. The van der Waals surface area contributed by atoms with Gasteiger partial charge >= 0.3 is 5.91 Å². The van der Waals surface area contributed by atoms with Crippen LogP contribution in [0, 0.1) is 27.7 Å². The summed E-state index contributed by atoms with van der Waals surface area (Å²) in [6.07, 6.45) is 0. The molecule has 1 amide bonds. The molecule has 3 aromatic carbocycles. The van der Waals surface area contributed by atoms with Crippen LogP contribution in [0.5, 0.6) is 5.75 Å². The molecule has 1 aliphatic rings. The first-order valence-electron chi connectivity index (χ1n) is 13.0. The van der Waals surface area contributed by atoms with Crippen molar-refractivity contribution in [1.82, 2.24) is 4.98 Å². The van der Waals surface area contributed by atoms with E-state index in [1.807, 2.05) is 84.0 Å². The number of fused-ring (bicyclic) bond motifs is 1. The standard InChI is InChI=1S/C32H32N2O4S/c1-16(2)22-15-23(20(6)13-25(22)38-7)29(35)27-28(21-10-8-9-17(3)11-21)34(31(37)30(27)36)32-33-24-12-18(4)19(5)14-26(24)39-32/h8-16,28,35H,1-7H3/b29-27+. The molecule has 7 heteroatoms. The van der Waals surface area contributed by atoms with Gasteiger partial charge < -0.3 is 9.84 Å². The number of nitrogens with zero attached hydrogens (tertiary/aromatic N) is 2. The molecule has 2 heterocycles. The van der Waals surface area contributed by atoms with E-state index in [0.29, 0.717) is 10.7 Å². The Balaban J connectivity index is 1.76. The molecular formula is C32H32N2O4S. The number of ether oxygens (including phenoxy) is 1. The molecule has 0 radical (unpaired) electrons. The number of methoxy groups -OCH3 is 1. The fraction of sp³-hybridized carbons (Fsp3) is 0.281. The van der Waals surface area contributed by atoms with Gasteiger partial charge in [0.2, 0.25) is 0 Å². The van der Waals surface area contributed by atoms with E-state index in [1.165, 1.54) is 16.2 Å². The van der Waals surface area contributed by atoms with Gasteiger partial charge in [-0.05, 0) is 85.7 Å². The van der Waals surface area contributed by atoms with Gasteiger partial charge in [0, 0.05) is 5.56 Å². The highest BCUT2D eigenvalue weighted by atomic mass is 32.1. The highest BCUT2D eigenvalue weighted by Crippen LogP contribution is 2.45. The maximum Gasteiger partial charge on any atom is 0.301 e. The van der Waals surface area contributed by atoms with Crippen LogP contribution in [0.15, 0.2) is 54.1 Å². The van der Waals surface area contributed by atoms with Crippen LogP contribution < -0.4 is 9.64 Å². The zero-order chi connectivity index (χ0) is 28.2. The number of aliphatic hydroxyl groups is 1. The molecular weight excluding hydrogens is 508 g/mol. The van der Waals surface area contributed by atoms with E-state index in [9.17, 15) is 14.7 Å². The van der Waals surface area contributed by atoms with Crippen LogP contribution in [-0.4, -0.2) is 28.9 Å². The summed E-state index contributed by atoms with van der Waals surface area (Å²) in [7, 11) is 1.62. The zero-order valence-electron chi connectivity index (χ0n) is 23.2. The largest absolute Gasteiger partial charge is 0.507 e. The lowest BCUT2D eigenvalue weighted by Crippen LogP contribution is -2.29. The van der Waals surface area contributed by atoms with Gasteiger partial charge in [-0.15, -0.1) is 0 Å². The van der Waals surface area contributed by atoms with Crippen molar-refractivity contribution in [3.05, 3.63) is 93.0 Å². The smallest absolute Gasteiger partial charge is 0.301 e. The monoisotopic (exact) mass is 540 g/mol. The number of Topliss-reactive ketones (excluding diaryl/α,β-unsaturated/α-hetero) is 1. The summed E-state index contributed by atoms with van der Waals surface area (Å²) in [6.45, 7) is 12.0. The zero-order valence-corrected chi connectivity index (χ0v) is 24.1. The Kier molecular flexibility index (Phi) is 6.81. The van der Waals surface area contributed by atoms with Gasteiger partial charge in [-0.25, -0.2) is 4.98 Å². The topological polar surface area (TPSA) is 79.7 Å². The van der Waals surface area contributed by atoms with Crippen molar-refractivity contribution >= 4 is 44.1 Å². The van der Waals surface area contributed by atoms with Gasteiger partial charge in [-0.3, -0.25) is 14.5 Å². The van der Waals surface area contributed by atoms with Crippen molar-refractivity contribution < 1.29 is 19.4 Å². The van der Waals surface area contributed by atoms with Gasteiger partial charge in [0.05, 0.1) is 28.9 Å². The third-order valence-electron chi connectivity index (χ3n) is 7.45. The molecule has 4 aromatic rings. The number of aliphatic hydroxyl groups excluding tert-OH is 1. The average Bonchev–Trinajstić information content (AvgIpc) is 3.40. The van der Waals surface area contributed by atoms with Crippen molar-refractivity contribution in [2.24, 2.45) is 0 Å². The molecule has 1 fully saturated rings. The van der Waals surface area contributed by atoms with Crippen molar-refractivity contribution in [3.63, 3.8) is 0 Å². The Morgan fingerprint density at radius 2 is 1.72 bits per heavy atom. The van der Waals surface area contributed by atoms with Crippen molar-refractivity contribution in [1.29, 1.82) is 0 Å². The number of aryl methyl sites for hydroxylation is 4. The Hall–Kier alpha value is -3.97. The first-order valence-corrected chi connectivity index (χ1v) is 13.8. The summed E-state index contributed by atoms with van der Waals surface area (Å²) in [4.78, 5) is 33.6. The maximum atomic E-state index is 13.7. The van der Waals surface area contributed by atoms with Crippen molar-refractivity contribution in [2.45, 2.75) is 53.5 Å². The number of thiazole rings is 1. The SMILES string of the molecule is COc1cc(C)c(/C(O)=C2\C(=O)C(=O)N(c3nc4cc(C)c(C)cc4s3)C2c2cccc(C)c2)cc1C(C)C. The van der Waals surface area contributed by atoms with E-state index in [-0.39, 0.29) is 17.3 Å². The number of aromatic nitrogens is 1. The molecule has 0 aliphatic carbocycles. The molecule has 1 aliphatic heterocycles. The number of benzene rings is 3. The Bertz CT molecular complexity index is 1640. The summed E-state index contributed by atoms with van der Waals surface area (Å²) in [6, 6.07) is 14.6. The van der Waals surface area contributed by atoms with E-state index in [2.05, 4.69) is 6.07 Å². The highest BCUT2D eigenvalue weighted by molar-refractivity contribution is 7.22. The molecule has 6 nitrogen and oxygen atoms in total. The van der Waals surface area contributed by atoms with Gasteiger partial charge in [0.15, 0.2) is 5.13 Å².